The highest BCUT2D eigenvalue weighted by molar-refractivity contribution is 5.76. The van der Waals surface area contributed by atoms with Crippen molar-refractivity contribution in [1.82, 2.24) is 9.97 Å². The number of hydrogen-bond acceptors (Lipinski definition) is 4. The Morgan fingerprint density at radius 3 is 3.00 bits per heavy atom. The van der Waals surface area contributed by atoms with Crippen LogP contribution >= 0.6 is 0 Å². The summed E-state index contributed by atoms with van der Waals surface area (Å²) in [5.41, 5.74) is 1.23. The van der Waals surface area contributed by atoms with Crippen molar-refractivity contribution in [3.05, 3.63) is 18.1 Å². The lowest BCUT2D eigenvalue weighted by Gasteiger charge is -1.88. The zero-order valence-corrected chi connectivity index (χ0v) is 5.90. The van der Waals surface area contributed by atoms with Gasteiger partial charge in [-0.05, 0) is 6.92 Å². The van der Waals surface area contributed by atoms with Crippen LogP contribution in [-0.4, -0.2) is 15.1 Å². The third kappa shape index (κ3) is 0.832. The fraction of sp³-hybridized carbons (Fsp3) is 0.143. The Bertz CT molecular complexity index is 394. The number of furan rings is 1. The molecule has 0 bridgehead atoms. The van der Waals surface area contributed by atoms with Crippen LogP contribution in [0.5, 0.6) is 5.95 Å². The molecule has 0 aliphatic heterocycles. The number of rotatable bonds is 0. The van der Waals surface area contributed by atoms with Crippen LogP contribution in [0.25, 0.3) is 11.1 Å². The molecule has 56 valence electrons. The zero-order chi connectivity index (χ0) is 7.84. The van der Waals surface area contributed by atoms with Crippen molar-refractivity contribution < 1.29 is 9.52 Å². The molecule has 2 rings (SSSR count). The first-order valence-electron chi connectivity index (χ1n) is 3.17. The van der Waals surface area contributed by atoms with Gasteiger partial charge in [-0.3, -0.25) is 0 Å². The van der Waals surface area contributed by atoms with Crippen molar-refractivity contribution >= 4 is 11.1 Å². The van der Waals surface area contributed by atoms with E-state index in [1.54, 1.807) is 0 Å². The minimum Gasteiger partial charge on any atom is -0.481 e. The fourth-order valence-corrected chi connectivity index (χ4v) is 0.961. The SMILES string of the molecule is Cc1ncnc2oc(O)cc12. The molecular formula is C7H6N2O2. The highest BCUT2D eigenvalue weighted by Crippen LogP contribution is 2.22. The molecule has 2 heterocycles. The smallest absolute Gasteiger partial charge is 0.284 e. The molecule has 0 spiro atoms. The van der Waals surface area contributed by atoms with Crippen LogP contribution in [0.1, 0.15) is 5.69 Å². The van der Waals surface area contributed by atoms with Gasteiger partial charge in [0, 0.05) is 6.07 Å². The first-order chi connectivity index (χ1) is 5.27. The van der Waals surface area contributed by atoms with E-state index in [0.29, 0.717) is 5.71 Å². The average Bonchev–Trinajstić information content (AvgIpc) is 2.31. The quantitative estimate of drug-likeness (QED) is 0.613. The van der Waals surface area contributed by atoms with Gasteiger partial charge in [0.2, 0.25) is 5.71 Å². The van der Waals surface area contributed by atoms with E-state index < -0.39 is 0 Å². The van der Waals surface area contributed by atoms with Crippen LogP contribution in [0, 0.1) is 6.92 Å². The molecule has 0 saturated heterocycles. The number of hydrogen-bond donors (Lipinski definition) is 1. The van der Waals surface area contributed by atoms with Crippen LogP contribution in [0.3, 0.4) is 0 Å². The van der Waals surface area contributed by atoms with Gasteiger partial charge >= 0.3 is 0 Å². The summed E-state index contributed by atoms with van der Waals surface area (Å²) in [4.78, 5) is 7.76. The number of nitrogens with zero attached hydrogens (tertiary/aromatic N) is 2. The second kappa shape index (κ2) is 1.95. The average molecular weight is 150 g/mol. The van der Waals surface area contributed by atoms with Gasteiger partial charge in [0.05, 0.1) is 11.1 Å². The molecule has 0 saturated carbocycles. The summed E-state index contributed by atoms with van der Waals surface area (Å²) in [7, 11) is 0. The van der Waals surface area contributed by atoms with E-state index in [1.807, 2.05) is 6.92 Å². The third-order valence-corrected chi connectivity index (χ3v) is 1.52. The van der Waals surface area contributed by atoms with Gasteiger partial charge in [0.1, 0.15) is 6.33 Å². The van der Waals surface area contributed by atoms with Crippen molar-refractivity contribution in [2.24, 2.45) is 0 Å². The van der Waals surface area contributed by atoms with Crippen LogP contribution in [0.4, 0.5) is 0 Å². The lowest BCUT2D eigenvalue weighted by atomic mass is 10.3. The van der Waals surface area contributed by atoms with E-state index in [0.717, 1.165) is 11.1 Å². The predicted octanol–water partition coefficient (Wildman–Crippen LogP) is 1.24. The van der Waals surface area contributed by atoms with Crippen molar-refractivity contribution in [3.8, 4) is 5.95 Å². The molecule has 1 N–H and O–H groups in total. The molecule has 0 atom stereocenters. The number of aromatic nitrogens is 2. The van der Waals surface area contributed by atoms with Gasteiger partial charge in [0.15, 0.2) is 0 Å². The minimum atomic E-state index is -0.122. The van der Waals surface area contributed by atoms with Crippen LogP contribution in [0.2, 0.25) is 0 Å². The fourth-order valence-electron chi connectivity index (χ4n) is 0.961. The Morgan fingerprint density at radius 2 is 2.27 bits per heavy atom. The Hall–Kier alpha value is -1.58. The van der Waals surface area contributed by atoms with E-state index >= 15 is 0 Å². The first kappa shape index (κ1) is 6.15. The summed E-state index contributed by atoms with van der Waals surface area (Å²) in [5.74, 6) is -0.122. The normalized spacial score (nSPS) is 10.6. The second-order valence-electron chi connectivity index (χ2n) is 2.26. The van der Waals surface area contributed by atoms with E-state index in [-0.39, 0.29) is 5.95 Å². The van der Waals surface area contributed by atoms with E-state index in [1.165, 1.54) is 12.4 Å². The molecule has 2 aromatic rings. The molecule has 0 aromatic carbocycles. The summed E-state index contributed by atoms with van der Waals surface area (Å²) >= 11 is 0. The monoisotopic (exact) mass is 150 g/mol. The Kier molecular flexibility index (Phi) is 1.09. The molecule has 0 fully saturated rings. The molecular weight excluding hydrogens is 144 g/mol. The lowest BCUT2D eigenvalue weighted by Crippen LogP contribution is -1.81. The van der Waals surface area contributed by atoms with Gasteiger partial charge in [-0.15, -0.1) is 0 Å². The largest absolute Gasteiger partial charge is 0.481 e. The first-order valence-corrected chi connectivity index (χ1v) is 3.17. The van der Waals surface area contributed by atoms with Gasteiger partial charge < -0.3 is 9.52 Å². The van der Waals surface area contributed by atoms with E-state index in [2.05, 4.69) is 9.97 Å². The van der Waals surface area contributed by atoms with Crippen LogP contribution in [-0.2, 0) is 0 Å². The maximum Gasteiger partial charge on any atom is 0.284 e. The Balaban J connectivity index is 2.90. The Labute approximate surface area is 62.5 Å². The summed E-state index contributed by atoms with van der Waals surface area (Å²) < 4.78 is 4.85. The highest BCUT2D eigenvalue weighted by Gasteiger charge is 2.04. The summed E-state index contributed by atoms with van der Waals surface area (Å²) in [6.45, 7) is 1.83. The lowest BCUT2D eigenvalue weighted by molar-refractivity contribution is 0.344. The highest BCUT2D eigenvalue weighted by atomic mass is 16.5. The maximum atomic E-state index is 8.95. The van der Waals surface area contributed by atoms with E-state index in [4.69, 9.17) is 9.52 Å². The van der Waals surface area contributed by atoms with Gasteiger partial charge in [0.25, 0.3) is 5.95 Å². The standard InChI is InChI=1S/C7H6N2O2/c1-4-5-2-6(10)11-7(5)9-3-8-4/h2-3,10H,1H3. The zero-order valence-electron chi connectivity index (χ0n) is 5.90. The van der Waals surface area contributed by atoms with E-state index in [9.17, 15) is 0 Å². The molecule has 4 heteroatoms. The van der Waals surface area contributed by atoms with Crippen LogP contribution in [0.15, 0.2) is 16.8 Å². The number of aryl methyl sites for hydroxylation is 1. The molecule has 0 amide bonds. The van der Waals surface area contributed by atoms with Crippen molar-refractivity contribution in [2.45, 2.75) is 6.92 Å². The van der Waals surface area contributed by atoms with Crippen LogP contribution < -0.4 is 0 Å². The number of aromatic hydroxyl groups is 1. The molecule has 0 radical (unpaired) electrons. The summed E-state index contributed by atoms with van der Waals surface area (Å²) in [5, 5.41) is 9.70. The third-order valence-electron chi connectivity index (χ3n) is 1.52. The van der Waals surface area contributed by atoms with Gasteiger partial charge in [-0.25, -0.2) is 9.97 Å². The second-order valence-corrected chi connectivity index (χ2v) is 2.26. The molecule has 11 heavy (non-hydrogen) atoms. The molecule has 4 nitrogen and oxygen atoms in total. The summed E-state index contributed by atoms with van der Waals surface area (Å²) in [6.07, 6.45) is 1.40. The van der Waals surface area contributed by atoms with Gasteiger partial charge in [-0.1, -0.05) is 0 Å². The molecule has 0 aliphatic carbocycles. The molecule has 0 unspecified atom stereocenters. The molecule has 0 aliphatic rings. The number of fused-ring (bicyclic) bond motifs is 1. The topological polar surface area (TPSA) is 59.2 Å². The van der Waals surface area contributed by atoms with Crippen molar-refractivity contribution in [3.63, 3.8) is 0 Å². The van der Waals surface area contributed by atoms with Gasteiger partial charge in [-0.2, -0.15) is 0 Å². The predicted molar refractivity (Wildman–Crippen MR) is 38.2 cm³/mol. The van der Waals surface area contributed by atoms with Crippen molar-refractivity contribution in [2.75, 3.05) is 0 Å². The Morgan fingerprint density at radius 1 is 1.45 bits per heavy atom. The molecule has 2 aromatic heterocycles. The minimum absolute atomic E-state index is 0.122. The maximum absolute atomic E-state index is 8.95. The summed E-state index contributed by atoms with van der Waals surface area (Å²) in [6, 6.07) is 1.50. The van der Waals surface area contributed by atoms with Crippen molar-refractivity contribution in [1.29, 1.82) is 0 Å².